The van der Waals surface area contributed by atoms with Crippen LogP contribution >= 0.6 is 0 Å². The molecule has 3 aromatic rings. The first-order valence-corrected chi connectivity index (χ1v) is 6.22. The molecule has 0 spiro atoms. The molecule has 5 nitrogen and oxygen atoms in total. The Bertz CT molecular complexity index is 821. The zero-order valence-electron chi connectivity index (χ0n) is 11.2. The molecular formula is C15H13N3O2. The second-order valence-electron chi connectivity index (χ2n) is 4.72. The Morgan fingerprint density at radius 3 is 2.80 bits per heavy atom. The quantitative estimate of drug-likeness (QED) is 0.775. The van der Waals surface area contributed by atoms with Gasteiger partial charge in [0.1, 0.15) is 5.69 Å². The van der Waals surface area contributed by atoms with Gasteiger partial charge in [-0.15, -0.1) is 0 Å². The Kier molecular flexibility index (Phi) is 2.75. The number of carbonyl (C=O) groups is 1. The Balaban J connectivity index is 2.35. The molecule has 0 fully saturated rings. The number of rotatable bonds is 2. The normalized spacial score (nSPS) is 10.9. The Labute approximate surface area is 115 Å². The number of imidazole rings is 1. The highest BCUT2D eigenvalue weighted by Gasteiger charge is 2.21. The van der Waals surface area contributed by atoms with Crippen LogP contribution in [-0.4, -0.2) is 25.4 Å². The first-order valence-electron chi connectivity index (χ1n) is 6.22. The molecule has 20 heavy (non-hydrogen) atoms. The van der Waals surface area contributed by atoms with Crippen molar-refractivity contribution in [1.82, 2.24) is 14.4 Å². The molecule has 0 amide bonds. The SMILES string of the molecule is Cc1ccc(-c2nc3ncccn3c2C(=O)O)c(C)c1. The predicted octanol–water partition coefficient (Wildman–Crippen LogP) is 2.71. The van der Waals surface area contributed by atoms with E-state index in [9.17, 15) is 9.90 Å². The number of carboxylic acids is 1. The maximum atomic E-state index is 11.6. The number of aromatic nitrogens is 3. The van der Waals surface area contributed by atoms with E-state index >= 15 is 0 Å². The fraction of sp³-hybridized carbons (Fsp3) is 0.133. The second-order valence-corrected chi connectivity index (χ2v) is 4.72. The number of hydrogen-bond acceptors (Lipinski definition) is 3. The molecule has 0 aliphatic rings. The number of carboxylic acid groups (broad SMARTS) is 1. The van der Waals surface area contributed by atoms with E-state index in [0.29, 0.717) is 11.5 Å². The summed E-state index contributed by atoms with van der Waals surface area (Å²) in [5, 5.41) is 9.47. The van der Waals surface area contributed by atoms with E-state index in [1.54, 1.807) is 18.5 Å². The summed E-state index contributed by atoms with van der Waals surface area (Å²) in [5.41, 5.74) is 3.54. The van der Waals surface area contributed by atoms with Crippen LogP contribution in [0.1, 0.15) is 21.6 Å². The van der Waals surface area contributed by atoms with Crippen LogP contribution in [0.5, 0.6) is 0 Å². The fourth-order valence-electron chi connectivity index (χ4n) is 2.36. The van der Waals surface area contributed by atoms with Crippen molar-refractivity contribution in [2.24, 2.45) is 0 Å². The Morgan fingerprint density at radius 2 is 2.10 bits per heavy atom. The van der Waals surface area contributed by atoms with Gasteiger partial charge in [0.25, 0.3) is 0 Å². The molecule has 0 atom stereocenters. The van der Waals surface area contributed by atoms with E-state index < -0.39 is 5.97 Å². The Hall–Kier alpha value is -2.69. The predicted molar refractivity (Wildman–Crippen MR) is 74.9 cm³/mol. The van der Waals surface area contributed by atoms with Crippen molar-refractivity contribution in [3.8, 4) is 11.3 Å². The van der Waals surface area contributed by atoms with Crippen LogP contribution < -0.4 is 0 Å². The van der Waals surface area contributed by atoms with Crippen molar-refractivity contribution in [3.05, 3.63) is 53.5 Å². The van der Waals surface area contributed by atoms with Gasteiger partial charge in [-0.2, -0.15) is 0 Å². The number of nitrogens with zero attached hydrogens (tertiary/aromatic N) is 3. The summed E-state index contributed by atoms with van der Waals surface area (Å²) in [6, 6.07) is 7.55. The van der Waals surface area contributed by atoms with Gasteiger partial charge in [0.05, 0.1) is 0 Å². The van der Waals surface area contributed by atoms with E-state index in [0.717, 1.165) is 16.7 Å². The van der Waals surface area contributed by atoms with E-state index in [2.05, 4.69) is 9.97 Å². The summed E-state index contributed by atoms with van der Waals surface area (Å²) >= 11 is 0. The molecular weight excluding hydrogens is 254 g/mol. The number of aromatic carboxylic acids is 1. The lowest BCUT2D eigenvalue weighted by Crippen LogP contribution is -2.04. The third kappa shape index (κ3) is 1.84. The zero-order chi connectivity index (χ0) is 14.3. The molecule has 5 heteroatoms. The molecule has 100 valence electrons. The van der Waals surface area contributed by atoms with Gasteiger partial charge in [-0.25, -0.2) is 14.8 Å². The van der Waals surface area contributed by atoms with Gasteiger partial charge < -0.3 is 5.11 Å². The van der Waals surface area contributed by atoms with Crippen LogP contribution in [0.15, 0.2) is 36.7 Å². The third-order valence-electron chi connectivity index (χ3n) is 3.24. The van der Waals surface area contributed by atoms with Crippen LogP contribution in [0, 0.1) is 13.8 Å². The van der Waals surface area contributed by atoms with Crippen LogP contribution in [0.2, 0.25) is 0 Å². The summed E-state index contributed by atoms with van der Waals surface area (Å²) in [7, 11) is 0. The molecule has 0 bridgehead atoms. The van der Waals surface area contributed by atoms with Gasteiger partial charge in [-0.05, 0) is 25.5 Å². The molecule has 0 unspecified atom stereocenters. The van der Waals surface area contributed by atoms with Gasteiger partial charge in [0, 0.05) is 18.0 Å². The molecule has 0 saturated heterocycles. The molecule has 0 aliphatic carbocycles. The number of benzene rings is 1. The topological polar surface area (TPSA) is 67.5 Å². The number of aryl methyl sites for hydroxylation is 2. The lowest BCUT2D eigenvalue weighted by molar-refractivity contribution is 0.0690. The largest absolute Gasteiger partial charge is 0.476 e. The van der Waals surface area contributed by atoms with Crippen LogP contribution in [-0.2, 0) is 0 Å². The van der Waals surface area contributed by atoms with Crippen molar-refractivity contribution in [3.63, 3.8) is 0 Å². The maximum Gasteiger partial charge on any atom is 0.355 e. The van der Waals surface area contributed by atoms with Gasteiger partial charge >= 0.3 is 5.97 Å². The van der Waals surface area contributed by atoms with Crippen molar-refractivity contribution >= 4 is 11.7 Å². The Morgan fingerprint density at radius 1 is 1.30 bits per heavy atom. The molecule has 0 saturated carbocycles. The lowest BCUT2D eigenvalue weighted by atomic mass is 10.0. The monoisotopic (exact) mass is 267 g/mol. The average Bonchev–Trinajstić information content (AvgIpc) is 2.77. The number of fused-ring (bicyclic) bond motifs is 1. The summed E-state index contributed by atoms with van der Waals surface area (Å²) in [6.07, 6.45) is 3.26. The van der Waals surface area contributed by atoms with Crippen LogP contribution in [0.3, 0.4) is 0 Å². The van der Waals surface area contributed by atoms with Crippen molar-refractivity contribution in [2.75, 3.05) is 0 Å². The minimum Gasteiger partial charge on any atom is -0.476 e. The van der Waals surface area contributed by atoms with Gasteiger partial charge in [0.15, 0.2) is 5.69 Å². The van der Waals surface area contributed by atoms with Crippen molar-refractivity contribution in [1.29, 1.82) is 0 Å². The second kappa shape index (κ2) is 4.45. The highest BCUT2D eigenvalue weighted by molar-refractivity contribution is 5.94. The minimum absolute atomic E-state index is 0.139. The van der Waals surface area contributed by atoms with E-state index in [1.165, 1.54) is 4.40 Å². The van der Waals surface area contributed by atoms with Gasteiger partial charge in [0.2, 0.25) is 5.78 Å². The summed E-state index contributed by atoms with van der Waals surface area (Å²) in [4.78, 5) is 20.0. The van der Waals surface area contributed by atoms with Crippen molar-refractivity contribution in [2.45, 2.75) is 13.8 Å². The maximum absolute atomic E-state index is 11.6. The first-order chi connectivity index (χ1) is 9.58. The fourth-order valence-corrected chi connectivity index (χ4v) is 2.36. The smallest absolute Gasteiger partial charge is 0.355 e. The van der Waals surface area contributed by atoms with Crippen LogP contribution in [0.4, 0.5) is 0 Å². The molecule has 2 heterocycles. The molecule has 1 N–H and O–H groups in total. The molecule has 3 rings (SSSR count). The molecule has 0 radical (unpaired) electrons. The zero-order valence-corrected chi connectivity index (χ0v) is 11.2. The molecule has 1 aromatic carbocycles. The summed E-state index contributed by atoms with van der Waals surface area (Å²) in [5.74, 6) is -0.625. The molecule has 0 aliphatic heterocycles. The minimum atomic E-state index is -1.01. The third-order valence-corrected chi connectivity index (χ3v) is 3.24. The van der Waals surface area contributed by atoms with E-state index in [1.807, 2.05) is 32.0 Å². The summed E-state index contributed by atoms with van der Waals surface area (Å²) < 4.78 is 1.50. The van der Waals surface area contributed by atoms with Crippen molar-refractivity contribution < 1.29 is 9.90 Å². The average molecular weight is 267 g/mol. The van der Waals surface area contributed by atoms with E-state index in [4.69, 9.17) is 0 Å². The van der Waals surface area contributed by atoms with Gasteiger partial charge in [-0.3, -0.25) is 4.40 Å². The molecule has 2 aromatic heterocycles. The standard InChI is InChI=1S/C15H13N3O2/c1-9-4-5-11(10(2)8-9)12-13(14(19)20)18-7-3-6-16-15(18)17-12/h3-8H,1-2H3,(H,19,20). The first kappa shape index (κ1) is 12.3. The summed E-state index contributed by atoms with van der Waals surface area (Å²) in [6.45, 7) is 3.95. The van der Waals surface area contributed by atoms with Crippen LogP contribution in [0.25, 0.3) is 17.0 Å². The van der Waals surface area contributed by atoms with E-state index in [-0.39, 0.29) is 5.69 Å². The van der Waals surface area contributed by atoms with Gasteiger partial charge in [-0.1, -0.05) is 23.8 Å². The lowest BCUT2D eigenvalue weighted by Gasteiger charge is -2.05. The highest BCUT2D eigenvalue weighted by atomic mass is 16.4. The number of hydrogen-bond donors (Lipinski definition) is 1. The highest BCUT2D eigenvalue weighted by Crippen LogP contribution is 2.27.